The van der Waals surface area contributed by atoms with Crippen LogP contribution >= 0.6 is 0 Å². The molecule has 0 aromatic heterocycles. The van der Waals surface area contributed by atoms with Crippen LogP contribution in [0.2, 0.25) is 0 Å². The first-order valence-electron chi connectivity index (χ1n) is 9.84. The zero-order valence-corrected chi connectivity index (χ0v) is 19.4. The van der Waals surface area contributed by atoms with E-state index in [0.29, 0.717) is 0 Å². The second-order valence-corrected chi connectivity index (χ2v) is 3.67. The fourth-order valence-electron chi connectivity index (χ4n) is 0.853. The summed E-state index contributed by atoms with van der Waals surface area (Å²) in [7, 11) is 2.51. The minimum atomic E-state index is -0.657. The Bertz CT molecular complexity index is 298. The van der Waals surface area contributed by atoms with Crippen LogP contribution in [0.4, 0.5) is 4.79 Å². The van der Waals surface area contributed by atoms with Gasteiger partial charge in [-0.2, -0.15) is 0 Å². The highest BCUT2D eigenvalue weighted by Gasteiger charge is 1.88. The Kier molecular flexibility index (Phi) is 65.6. The number of carbonyl (C=O) groups excluding carboxylic acids is 1. The molecule has 0 aliphatic heterocycles. The molecule has 27 heavy (non-hydrogen) atoms. The third-order valence-electron chi connectivity index (χ3n) is 1.67. The average Bonchev–Trinajstić information content (AvgIpc) is 2.81. The molecule has 0 aliphatic rings. The van der Waals surface area contributed by atoms with Crippen molar-refractivity contribution in [3.63, 3.8) is 0 Å². The second-order valence-electron chi connectivity index (χ2n) is 3.67. The van der Waals surface area contributed by atoms with Gasteiger partial charge < -0.3 is 9.47 Å². The van der Waals surface area contributed by atoms with Crippen LogP contribution in [-0.4, -0.2) is 20.4 Å². The van der Waals surface area contributed by atoms with Crippen molar-refractivity contribution in [1.82, 2.24) is 0 Å². The number of benzene rings is 2. The van der Waals surface area contributed by atoms with Gasteiger partial charge in [-0.25, -0.2) is 4.79 Å². The predicted octanol–water partition coefficient (Wildman–Crippen LogP) is 8.27. The van der Waals surface area contributed by atoms with Crippen LogP contribution in [-0.2, 0) is 9.47 Å². The van der Waals surface area contributed by atoms with E-state index in [0.717, 1.165) is 0 Å². The molecule has 0 N–H and O–H groups in total. The molecule has 0 amide bonds. The third kappa shape index (κ3) is 59.5. The molecule has 0 unspecified atom stereocenters. The number of carbonyl (C=O) groups is 1. The molecule has 0 spiro atoms. The zero-order chi connectivity index (χ0) is 22.2. The van der Waals surface area contributed by atoms with Crippen LogP contribution in [0, 0.1) is 0 Å². The minimum Gasteiger partial charge on any atom is -0.438 e. The van der Waals surface area contributed by atoms with Crippen LogP contribution in [0.15, 0.2) is 72.8 Å². The van der Waals surface area contributed by atoms with Gasteiger partial charge >= 0.3 is 6.16 Å². The summed E-state index contributed by atoms with van der Waals surface area (Å²) in [5, 5.41) is 0. The molecule has 0 fully saturated rings. The molecule has 0 aliphatic carbocycles. The molecule has 0 saturated carbocycles. The van der Waals surface area contributed by atoms with Gasteiger partial charge in [0.15, 0.2) is 0 Å². The number of hydrogen-bond donors (Lipinski definition) is 0. The lowest BCUT2D eigenvalue weighted by Gasteiger charge is -1.89. The van der Waals surface area contributed by atoms with E-state index in [1.807, 2.05) is 114 Å². The monoisotopic (exact) mass is 380 g/mol. The highest BCUT2D eigenvalue weighted by Crippen LogP contribution is 1.80. The lowest BCUT2D eigenvalue weighted by atomic mass is 10.4. The summed E-state index contributed by atoms with van der Waals surface area (Å²) in [4.78, 5) is 9.74. The van der Waals surface area contributed by atoms with Crippen molar-refractivity contribution in [2.24, 2.45) is 0 Å². The number of methoxy groups -OCH3 is 2. The third-order valence-corrected chi connectivity index (χ3v) is 1.67. The quantitative estimate of drug-likeness (QED) is 0.431. The van der Waals surface area contributed by atoms with Crippen molar-refractivity contribution in [2.45, 2.75) is 61.8 Å². The molecule has 0 bridgehead atoms. The smallest absolute Gasteiger partial charge is 0.438 e. The van der Waals surface area contributed by atoms with E-state index >= 15 is 0 Å². The molecule has 0 heterocycles. The molecule has 0 saturated heterocycles. The first-order chi connectivity index (χ1) is 13.2. The first-order valence-corrected chi connectivity index (χ1v) is 9.84. The molecule has 3 heteroatoms. The molecular formula is C24H44O3. The summed E-state index contributed by atoms with van der Waals surface area (Å²) in [6.07, 6.45) is 0.593. The van der Waals surface area contributed by atoms with Gasteiger partial charge in [0.2, 0.25) is 0 Å². The molecule has 3 nitrogen and oxygen atoms in total. The fourth-order valence-corrected chi connectivity index (χ4v) is 0.853. The van der Waals surface area contributed by atoms with Gasteiger partial charge in [0.05, 0.1) is 14.2 Å². The molecule has 2 aromatic rings. The maximum absolute atomic E-state index is 9.74. The highest BCUT2D eigenvalue weighted by atomic mass is 16.7. The standard InChI is InChI=1S/2C6H6.C3H6O3.C3H8.3C2H6/c2*1-2-4-6-5-3-1;1-5-3(4)6-2;1-3-2;3*1-2/h2*1-6H;1-2H3;3H2,1-2H3;3*1-2H3. The van der Waals surface area contributed by atoms with E-state index in [9.17, 15) is 4.79 Å². The van der Waals surface area contributed by atoms with Crippen molar-refractivity contribution in [3.8, 4) is 0 Å². The summed E-state index contributed by atoms with van der Waals surface area (Å²) >= 11 is 0. The Balaban J connectivity index is -0.0000000743. The Labute approximate surface area is 169 Å². The SMILES string of the molecule is CC.CC.CC.CCC.COC(=O)OC.c1ccccc1.c1ccccc1. The molecular weight excluding hydrogens is 336 g/mol. The van der Waals surface area contributed by atoms with E-state index in [1.165, 1.54) is 20.6 Å². The van der Waals surface area contributed by atoms with Gasteiger partial charge in [-0.05, 0) is 0 Å². The molecule has 0 atom stereocenters. The molecule has 0 radical (unpaired) electrons. The molecule has 158 valence electrons. The predicted molar refractivity (Wildman–Crippen MR) is 122 cm³/mol. The van der Waals surface area contributed by atoms with Crippen LogP contribution < -0.4 is 0 Å². The lowest BCUT2D eigenvalue weighted by Crippen LogP contribution is -1.97. The van der Waals surface area contributed by atoms with Crippen LogP contribution in [0.1, 0.15) is 61.8 Å². The summed E-state index contributed by atoms with van der Waals surface area (Å²) < 4.78 is 8.08. The van der Waals surface area contributed by atoms with E-state index < -0.39 is 6.16 Å². The van der Waals surface area contributed by atoms with Crippen molar-refractivity contribution in [2.75, 3.05) is 14.2 Å². The summed E-state index contributed by atoms with van der Waals surface area (Å²) in [5.41, 5.74) is 0. The van der Waals surface area contributed by atoms with Crippen LogP contribution in [0.3, 0.4) is 0 Å². The van der Waals surface area contributed by atoms with Gasteiger partial charge in [0, 0.05) is 0 Å². The Morgan fingerprint density at radius 2 is 0.630 bits per heavy atom. The van der Waals surface area contributed by atoms with Crippen molar-refractivity contribution in [3.05, 3.63) is 72.8 Å². The lowest BCUT2D eigenvalue weighted by molar-refractivity contribution is 0.0924. The largest absolute Gasteiger partial charge is 0.507 e. The Hall–Kier alpha value is -2.29. The van der Waals surface area contributed by atoms with E-state index in [4.69, 9.17) is 0 Å². The number of hydrogen-bond acceptors (Lipinski definition) is 3. The van der Waals surface area contributed by atoms with Crippen LogP contribution in [0.5, 0.6) is 0 Å². The Morgan fingerprint density at radius 3 is 0.667 bits per heavy atom. The van der Waals surface area contributed by atoms with E-state index in [2.05, 4.69) is 23.3 Å². The minimum absolute atomic E-state index is 0.657. The summed E-state index contributed by atoms with van der Waals surface area (Å²) in [6.45, 7) is 16.2. The van der Waals surface area contributed by atoms with Gasteiger partial charge in [-0.3, -0.25) is 0 Å². The van der Waals surface area contributed by atoms with E-state index in [1.54, 1.807) is 0 Å². The average molecular weight is 381 g/mol. The molecule has 2 rings (SSSR count). The van der Waals surface area contributed by atoms with Crippen molar-refractivity contribution in [1.29, 1.82) is 0 Å². The van der Waals surface area contributed by atoms with Crippen molar-refractivity contribution < 1.29 is 14.3 Å². The molecule has 2 aromatic carbocycles. The zero-order valence-electron chi connectivity index (χ0n) is 19.4. The topological polar surface area (TPSA) is 35.5 Å². The van der Waals surface area contributed by atoms with Gasteiger partial charge in [0.1, 0.15) is 0 Å². The second kappa shape index (κ2) is 49.5. The maximum Gasteiger partial charge on any atom is 0.507 e. The summed E-state index contributed by atoms with van der Waals surface area (Å²) in [5.74, 6) is 0. The van der Waals surface area contributed by atoms with Crippen molar-refractivity contribution >= 4 is 6.16 Å². The van der Waals surface area contributed by atoms with Gasteiger partial charge in [-0.1, -0.05) is 135 Å². The fraction of sp³-hybridized carbons (Fsp3) is 0.458. The first kappa shape index (κ1) is 35.8. The van der Waals surface area contributed by atoms with Gasteiger partial charge in [-0.15, -0.1) is 0 Å². The van der Waals surface area contributed by atoms with Gasteiger partial charge in [0.25, 0.3) is 0 Å². The number of ether oxygens (including phenoxy) is 2. The Morgan fingerprint density at radius 1 is 0.519 bits per heavy atom. The summed E-state index contributed by atoms with van der Waals surface area (Å²) in [6, 6.07) is 24.0. The highest BCUT2D eigenvalue weighted by molar-refractivity contribution is 5.59. The maximum atomic E-state index is 9.74. The number of rotatable bonds is 0. The van der Waals surface area contributed by atoms with Crippen LogP contribution in [0.25, 0.3) is 0 Å². The normalized spacial score (nSPS) is 6.44. The van der Waals surface area contributed by atoms with E-state index in [-0.39, 0.29) is 0 Å².